The molecule has 6 rings (SSSR count). The molecule has 1 saturated carbocycles. The monoisotopic (exact) mass is 713 g/mol. The second-order valence-corrected chi connectivity index (χ2v) is 14.4. The smallest absolute Gasteiger partial charge is 0.426 e. The average molecular weight is 714 g/mol. The molecule has 0 radical (unpaired) electrons. The number of urea groups is 1. The molecule has 276 valence electrons. The van der Waals surface area contributed by atoms with Crippen molar-refractivity contribution >= 4 is 34.9 Å². The van der Waals surface area contributed by atoms with Crippen LogP contribution in [0.15, 0.2) is 66.7 Å². The Morgan fingerprint density at radius 1 is 1.08 bits per heavy atom. The third-order valence-electron chi connectivity index (χ3n) is 9.38. The van der Waals surface area contributed by atoms with E-state index in [2.05, 4.69) is 10.7 Å². The van der Waals surface area contributed by atoms with Gasteiger partial charge in [0.15, 0.2) is 0 Å². The Kier molecular flexibility index (Phi) is 10.6. The number of aromatic nitrogens is 1. The zero-order chi connectivity index (χ0) is 37.0. The van der Waals surface area contributed by atoms with E-state index in [1.165, 1.54) is 9.91 Å². The van der Waals surface area contributed by atoms with Crippen LogP contribution in [0.3, 0.4) is 0 Å². The lowest BCUT2D eigenvalue weighted by Gasteiger charge is -2.32. The SMILES string of the molecule is CCOC(=O)C12CC1C=CCCCCN(NC(=O)OC(C)(C)C)C(=O)N1C[C@H](Oc3cc(-c4ccccc4)nc4cc(OC)ccc34)C[C@H]1C(=O)N2. The van der Waals surface area contributed by atoms with E-state index < -0.39 is 47.3 Å². The number of nitrogens with one attached hydrogen (secondary N) is 2. The van der Waals surface area contributed by atoms with E-state index in [0.29, 0.717) is 42.0 Å². The Morgan fingerprint density at radius 3 is 2.60 bits per heavy atom. The molecule has 4 atom stereocenters. The standard InChI is InChI=1S/C39H47N5O8/c1-6-50-35(46)39-23-26(39)16-12-7-8-13-19-44(42-36(47)52-38(2,3)4)37(48)43-24-28(21-32(43)34(45)41-39)51-33-22-30(25-14-10-9-11-15-25)40-31-20-27(49-5)17-18-29(31)33/h9-12,14-18,20,22,26,28,32H,6-8,13,19,21,23-24H2,1-5H3,(H,41,45)(H,42,47)/t26?,28-,32+,39?/m1/s1. The number of carbonyl (C=O) groups is 4. The zero-order valence-electron chi connectivity index (χ0n) is 30.3. The molecule has 1 aliphatic carbocycles. The Hall–Kier alpha value is -5.33. The molecule has 3 aliphatic rings. The van der Waals surface area contributed by atoms with Gasteiger partial charge in [-0.25, -0.2) is 29.8 Å². The maximum atomic E-state index is 14.4. The van der Waals surface area contributed by atoms with Gasteiger partial charge in [0.05, 0.1) is 31.5 Å². The molecule has 2 fully saturated rings. The third-order valence-corrected chi connectivity index (χ3v) is 9.38. The number of benzene rings is 2. The number of ether oxygens (including phenoxy) is 4. The van der Waals surface area contributed by atoms with Crippen molar-refractivity contribution in [3.63, 3.8) is 0 Å². The van der Waals surface area contributed by atoms with Gasteiger partial charge in [-0.1, -0.05) is 42.5 Å². The van der Waals surface area contributed by atoms with Gasteiger partial charge in [0, 0.05) is 42.0 Å². The van der Waals surface area contributed by atoms with Gasteiger partial charge in [-0.05, 0) is 65.5 Å². The third kappa shape index (κ3) is 8.08. The van der Waals surface area contributed by atoms with Crippen molar-refractivity contribution in [3.8, 4) is 22.8 Å². The van der Waals surface area contributed by atoms with Crippen LogP contribution in [0.1, 0.15) is 59.8 Å². The van der Waals surface area contributed by atoms with Crippen LogP contribution in [-0.2, 0) is 19.1 Å². The molecule has 1 saturated heterocycles. The largest absolute Gasteiger partial charge is 0.497 e. The lowest BCUT2D eigenvalue weighted by Crippen LogP contribution is -2.58. The molecular weight excluding hydrogens is 666 g/mol. The molecule has 2 N–H and O–H groups in total. The van der Waals surface area contributed by atoms with Crippen molar-refractivity contribution in [2.45, 2.75) is 83.1 Å². The Balaban J connectivity index is 1.35. The van der Waals surface area contributed by atoms with E-state index in [0.717, 1.165) is 17.4 Å². The topological polar surface area (TPSA) is 149 Å². The predicted octanol–water partition coefficient (Wildman–Crippen LogP) is 5.77. The molecule has 4 amide bonds. The van der Waals surface area contributed by atoms with Gasteiger partial charge in [-0.15, -0.1) is 0 Å². The normalized spacial score (nSPS) is 23.5. The highest BCUT2D eigenvalue weighted by molar-refractivity contribution is 5.95. The van der Waals surface area contributed by atoms with Crippen LogP contribution in [0.5, 0.6) is 11.5 Å². The van der Waals surface area contributed by atoms with Crippen molar-refractivity contribution in [3.05, 3.63) is 66.7 Å². The Morgan fingerprint density at radius 2 is 1.87 bits per heavy atom. The molecular formula is C39H47N5O8. The summed E-state index contributed by atoms with van der Waals surface area (Å²) in [5, 5.41) is 4.90. The minimum atomic E-state index is -1.22. The van der Waals surface area contributed by atoms with Crippen LogP contribution in [0.4, 0.5) is 9.59 Å². The van der Waals surface area contributed by atoms with Gasteiger partial charge in [0.2, 0.25) is 5.91 Å². The van der Waals surface area contributed by atoms with Crippen molar-refractivity contribution in [1.82, 2.24) is 25.6 Å². The lowest BCUT2D eigenvalue weighted by atomic mass is 10.1. The van der Waals surface area contributed by atoms with E-state index in [1.54, 1.807) is 34.8 Å². The highest BCUT2D eigenvalue weighted by Crippen LogP contribution is 2.46. The summed E-state index contributed by atoms with van der Waals surface area (Å²) in [5.41, 5.74) is 2.81. The number of hydrogen-bond donors (Lipinski definition) is 2. The first-order valence-electron chi connectivity index (χ1n) is 17.9. The first-order chi connectivity index (χ1) is 24.9. The van der Waals surface area contributed by atoms with Gasteiger partial charge in [0.1, 0.15) is 34.8 Å². The highest BCUT2D eigenvalue weighted by atomic mass is 16.6. The van der Waals surface area contributed by atoms with Crippen molar-refractivity contribution in [1.29, 1.82) is 0 Å². The second kappa shape index (κ2) is 15.1. The molecule has 13 heteroatoms. The Bertz CT molecular complexity index is 1840. The maximum absolute atomic E-state index is 14.4. The summed E-state index contributed by atoms with van der Waals surface area (Å²) < 4.78 is 23.0. The molecule has 2 aromatic carbocycles. The first-order valence-corrected chi connectivity index (χ1v) is 17.9. The minimum absolute atomic E-state index is 0.0276. The van der Waals surface area contributed by atoms with Crippen molar-refractivity contribution in [2.24, 2.45) is 5.92 Å². The molecule has 3 heterocycles. The van der Waals surface area contributed by atoms with Gasteiger partial charge in [-0.3, -0.25) is 4.79 Å². The fourth-order valence-electron chi connectivity index (χ4n) is 6.75. The number of nitrogens with zero attached hydrogens (tertiary/aromatic N) is 3. The molecule has 3 aromatic rings. The van der Waals surface area contributed by atoms with Crippen LogP contribution in [0.25, 0.3) is 22.2 Å². The summed E-state index contributed by atoms with van der Waals surface area (Å²) in [6.45, 7) is 7.31. The van der Waals surface area contributed by atoms with Gasteiger partial charge < -0.3 is 29.2 Å². The van der Waals surface area contributed by atoms with E-state index in [-0.39, 0.29) is 32.0 Å². The summed E-state index contributed by atoms with van der Waals surface area (Å²) in [4.78, 5) is 61.1. The van der Waals surface area contributed by atoms with Crippen molar-refractivity contribution in [2.75, 3.05) is 26.8 Å². The summed E-state index contributed by atoms with van der Waals surface area (Å²) in [6.07, 6.45) is 5.02. The lowest BCUT2D eigenvalue weighted by molar-refractivity contribution is -0.149. The number of rotatable bonds is 7. The average Bonchev–Trinajstić information content (AvgIpc) is 3.64. The molecule has 2 unspecified atom stereocenters. The van der Waals surface area contributed by atoms with Crippen LogP contribution >= 0.6 is 0 Å². The van der Waals surface area contributed by atoms with E-state index in [1.807, 2.05) is 66.7 Å². The highest BCUT2D eigenvalue weighted by Gasteiger charge is 2.62. The fourth-order valence-corrected chi connectivity index (χ4v) is 6.75. The number of fused-ring (bicyclic) bond motifs is 3. The molecule has 2 aliphatic heterocycles. The number of hydrogen-bond acceptors (Lipinski definition) is 9. The number of amides is 4. The number of methoxy groups -OCH3 is 1. The van der Waals surface area contributed by atoms with Gasteiger partial charge >= 0.3 is 18.1 Å². The molecule has 0 bridgehead atoms. The maximum Gasteiger partial charge on any atom is 0.426 e. The number of hydrazine groups is 1. The molecule has 0 spiro atoms. The predicted molar refractivity (Wildman–Crippen MR) is 193 cm³/mol. The quantitative estimate of drug-likeness (QED) is 0.230. The number of pyridine rings is 1. The van der Waals surface area contributed by atoms with Crippen LogP contribution in [0, 0.1) is 5.92 Å². The Labute approximate surface area is 303 Å². The van der Waals surface area contributed by atoms with E-state index in [9.17, 15) is 19.2 Å². The number of allylic oxidation sites excluding steroid dienone is 1. The van der Waals surface area contributed by atoms with Crippen molar-refractivity contribution < 1.29 is 38.1 Å². The van der Waals surface area contributed by atoms with Crippen LogP contribution in [-0.4, -0.2) is 89.0 Å². The van der Waals surface area contributed by atoms with Crippen LogP contribution in [0.2, 0.25) is 0 Å². The summed E-state index contributed by atoms with van der Waals surface area (Å²) in [7, 11) is 1.59. The van der Waals surface area contributed by atoms with E-state index >= 15 is 0 Å². The molecule has 13 nitrogen and oxygen atoms in total. The summed E-state index contributed by atoms with van der Waals surface area (Å²) in [5.74, 6) is -0.0788. The number of carbonyl (C=O) groups excluding carboxylic acids is 4. The first kappa shape index (κ1) is 36.5. The summed E-state index contributed by atoms with van der Waals surface area (Å²) >= 11 is 0. The minimum Gasteiger partial charge on any atom is -0.497 e. The van der Waals surface area contributed by atoms with Crippen LogP contribution < -0.4 is 20.2 Å². The molecule has 52 heavy (non-hydrogen) atoms. The number of esters is 1. The summed E-state index contributed by atoms with van der Waals surface area (Å²) in [6, 6.07) is 15.5. The van der Waals surface area contributed by atoms with Gasteiger partial charge in [0.25, 0.3) is 0 Å². The van der Waals surface area contributed by atoms with Gasteiger partial charge in [-0.2, -0.15) is 0 Å². The fraction of sp³-hybridized carbons (Fsp3) is 0.462. The second-order valence-electron chi connectivity index (χ2n) is 14.4. The van der Waals surface area contributed by atoms with E-state index in [4.69, 9.17) is 23.9 Å². The molecule has 1 aromatic heterocycles. The zero-order valence-corrected chi connectivity index (χ0v) is 30.3.